The van der Waals surface area contributed by atoms with Gasteiger partial charge in [-0.15, -0.1) is 0 Å². The van der Waals surface area contributed by atoms with Crippen LogP contribution in [0.5, 0.6) is 0 Å². The summed E-state index contributed by atoms with van der Waals surface area (Å²) in [5.74, 6) is -1.18. The van der Waals surface area contributed by atoms with Crippen molar-refractivity contribution in [3.63, 3.8) is 0 Å². The Hall–Kier alpha value is -2.09. The lowest BCUT2D eigenvalue weighted by Gasteiger charge is -2.13. The molecule has 0 spiro atoms. The maximum Gasteiger partial charge on any atom is 0.255 e. The van der Waals surface area contributed by atoms with Crippen molar-refractivity contribution in [3.05, 3.63) is 29.6 Å². The Balaban J connectivity index is 2.91. The molecule has 1 rings (SSSR count). The predicted octanol–water partition coefficient (Wildman–Crippen LogP) is 1.15. The van der Waals surface area contributed by atoms with E-state index in [1.54, 1.807) is 31.1 Å². The lowest BCUT2D eigenvalue weighted by atomic mass is 10.1. The molecule has 0 aliphatic carbocycles. The topological polar surface area (TPSA) is 56.1 Å². The molecular formula is C11H12FN3O. The maximum atomic E-state index is 13.5. The molecule has 0 heterocycles. The summed E-state index contributed by atoms with van der Waals surface area (Å²) in [7, 11) is 3.56. The summed E-state index contributed by atoms with van der Waals surface area (Å²) in [5.41, 5.74) is 0.621. The van der Waals surface area contributed by atoms with E-state index >= 15 is 0 Å². The molecule has 1 amide bonds. The average molecular weight is 221 g/mol. The molecule has 1 aromatic carbocycles. The molecule has 0 aliphatic heterocycles. The number of benzene rings is 1. The van der Waals surface area contributed by atoms with E-state index in [0.717, 1.165) is 0 Å². The van der Waals surface area contributed by atoms with Crippen LogP contribution in [0.1, 0.15) is 10.4 Å². The molecule has 0 atom stereocenters. The lowest BCUT2D eigenvalue weighted by Crippen LogP contribution is -2.24. The zero-order chi connectivity index (χ0) is 12.1. The van der Waals surface area contributed by atoms with E-state index < -0.39 is 11.7 Å². The molecule has 5 heteroatoms. The largest absolute Gasteiger partial charge is 0.378 e. The van der Waals surface area contributed by atoms with Crippen LogP contribution in [0.25, 0.3) is 0 Å². The van der Waals surface area contributed by atoms with E-state index in [4.69, 9.17) is 5.26 Å². The Labute approximate surface area is 93.3 Å². The minimum Gasteiger partial charge on any atom is -0.378 e. The fraction of sp³-hybridized carbons (Fsp3) is 0.273. The molecule has 0 aromatic heterocycles. The second kappa shape index (κ2) is 5.12. The highest BCUT2D eigenvalue weighted by molar-refractivity contribution is 5.94. The van der Waals surface area contributed by atoms with Gasteiger partial charge in [-0.05, 0) is 18.2 Å². The van der Waals surface area contributed by atoms with Gasteiger partial charge < -0.3 is 10.2 Å². The molecule has 16 heavy (non-hydrogen) atoms. The number of hydrogen-bond acceptors (Lipinski definition) is 3. The highest BCUT2D eigenvalue weighted by Crippen LogP contribution is 2.16. The molecule has 0 radical (unpaired) electrons. The van der Waals surface area contributed by atoms with Gasteiger partial charge in [-0.1, -0.05) is 0 Å². The first kappa shape index (κ1) is 12.0. The summed E-state index contributed by atoms with van der Waals surface area (Å²) in [6.45, 7) is -0.131. The van der Waals surface area contributed by atoms with Crippen molar-refractivity contribution in [2.45, 2.75) is 0 Å². The first-order valence-corrected chi connectivity index (χ1v) is 4.68. The molecule has 1 N–H and O–H groups in total. The number of amides is 1. The third-order valence-electron chi connectivity index (χ3n) is 2.04. The van der Waals surface area contributed by atoms with Gasteiger partial charge in [-0.25, -0.2) is 4.39 Å². The Morgan fingerprint density at radius 1 is 1.56 bits per heavy atom. The zero-order valence-electron chi connectivity index (χ0n) is 9.12. The van der Waals surface area contributed by atoms with Crippen molar-refractivity contribution in [2.24, 2.45) is 0 Å². The Morgan fingerprint density at radius 3 is 2.75 bits per heavy atom. The van der Waals surface area contributed by atoms with Gasteiger partial charge in [0.05, 0.1) is 11.6 Å². The van der Waals surface area contributed by atoms with Crippen LogP contribution >= 0.6 is 0 Å². The quantitative estimate of drug-likeness (QED) is 0.779. The standard InChI is InChI=1S/C11H12FN3O/c1-15(2)8-3-4-9(10(12)7-8)11(16)14-6-5-13/h3-4,7H,6H2,1-2H3,(H,14,16). The number of nitrogens with one attached hydrogen (secondary N) is 1. The lowest BCUT2D eigenvalue weighted by molar-refractivity contribution is 0.0954. The number of nitrogens with zero attached hydrogens (tertiary/aromatic N) is 2. The Bertz CT molecular complexity index is 437. The van der Waals surface area contributed by atoms with Gasteiger partial charge in [-0.3, -0.25) is 4.79 Å². The summed E-state index contributed by atoms with van der Waals surface area (Å²) in [5, 5.41) is 10.6. The van der Waals surface area contributed by atoms with Gasteiger partial charge >= 0.3 is 0 Å². The molecule has 0 saturated heterocycles. The van der Waals surface area contributed by atoms with Gasteiger partial charge in [0.2, 0.25) is 0 Å². The highest BCUT2D eigenvalue weighted by Gasteiger charge is 2.11. The number of carbonyl (C=O) groups is 1. The third kappa shape index (κ3) is 2.70. The van der Waals surface area contributed by atoms with Crippen LogP contribution in [-0.4, -0.2) is 26.5 Å². The number of anilines is 1. The van der Waals surface area contributed by atoms with E-state index in [9.17, 15) is 9.18 Å². The van der Waals surface area contributed by atoms with Gasteiger partial charge in [0.15, 0.2) is 0 Å². The van der Waals surface area contributed by atoms with Gasteiger partial charge in [0, 0.05) is 19.8 Å². The Kier molecular flexibility index (Phi) is 3.84. The van der Waals surface area contributed by atoms with Crippen molar-refractivity contribution in [2.75, 3.05) is 25.5 Å². The molecule has 0 bridgehead atoms. The molecule has 0 fully saturated rings. The smallest absolute Gasteiger partial charge is 0.255 e. The fourth-order valence-electron chi connectivity index (χ4n) is 1.18. The van der Waals surface area contributed by atoms with Crippen molar-refractivity contribution in [3.8, 4) is 6.07 Å². The van der Waals surface area contributed by atoms with Crippen LogP contribution in [0.3, 0.4) is 0 Å². The SMILES string of the molecule is CN(C)c1ccc(C(=O)NCC#N)c(F)c1. The van der Waals surface area contributed by atoms with Crippen molar-refractivity contribution >= 4 is 11.6 Å². The fourth-order valence-corrected chi connectivity index (χ4v) is 1.18. The number of carbonyl (C=O) groups excluding carboxylic acids is 1. The number of rotatable bonds is 3. The summed E-state index contributed by atoms with van der Waals surface area (Å²) in [4.78, 5) is 13.1. The second-order valence-corrected chi connectivity index (χ2v) is 3.40. The van der Waals surface area contributed by atoms with Crippen LogP contribution in [0, 0.1) is 17.1 Å². The first-order chi connectivity index (χ1) is 7.56. The molecule has 0 unspecified atom stereocenters. The molecule has 0 aliphatic rings. The van der Waals surface area contributed by atoms with Crippen LogP contribution < -0.4 is 10.2 Å². The van der Waals surface area contributed by atoms with Gasteiger partial charge in [0.1, 0.15) is 12.4 Å². The molecule has 1 aromatic rings. The van der Waals surface area contributed by atoms with Crippen molar-refractivity contribution < 1.29 is 9.18 Å². The summed E-state index contributed by atoms with van der Waals surface area (Å²) in [6, 6.07) is 6.08. The summed E-state index contributed by atoms with van der Waals surface area (Å²) < 4.78 is 13.5. The highest BCUT2D eigenvalue weighted by atomic mass is 19.1. The monoisotopic (exact) mass is 221 g/mol. The minimum absolute atomic E-state index is 0.0548. The normalized spacial score (nSPS) is 9.38. The summed E-state index contributed by atoms with van der Waals surface area (Å²) >= 11 is 0. The number of nitriles is 1. The maximum absolute atomic E-state index is 13.5. The van der Waals surface area contributed by atoms with Crippen LogP contribution in [-0.2, 0) is 0 Å². The molecule has 84 valence electrons. The number of hydrogen-bond donors (Lipinski definition) is 1. The zero-order valence-corrected chi connectivity index (χ0v) is 9.12. The van der Waals surface area contributed by atoms with E-state index in [-0.39, 0.29) is 12.1 Å². The molecular weight excluding hydrogens is 209 g/mol. The second-order valence-electron chi connectivity index (χ2n) is 3.40. The van der Waals surface area contributed by atoms with Crippen LogP contribution in [0.2, 0.25) is 0 Å². The summed E-state index contributed by atoms with van der Waals surface area (Å²) in [6.07, 6.45) is 0. The van der Waals surface area contributed by atoms with Crippen molar-refractivity contribution in [1.82, 2.24) is 5.32 Å². The van der Waals surface area contributed by atoms with Gasteiger partial charge in [-0.2, -0.15) is 5.26 Å². The number of halogens is 1. The third-order valence-corrected chi connectivity index (χ3v) is 2.04. The van der Waals surface area contributed by atoms with E-state index in [2.05, 4.69) is 5.32 Å². The van der Waals surface area contributed by atoms with E-state index in [0.29, 0.717) is 5.69 Å². The average Bonchev–Trinajstić information content (AvgIpc) is 2.25. The van der Waals surface area contributed by atoms with Gasteiger partial charge in [0.25, 0.3) is 5.91 Å². The van der Waals surface area contributed by atoms with Crippen LogP contribution in [0.15, 0.2) is 18.2 Å². The molecule has 0 saturated carbocycles. The molecule has 4 nitrogen and oxygen atoms in total. The Morgan fingerprint density at radius 2 is 2.25 bits per heavy atom. The van der Waals surface area contributed by atoms with E-state index in [1.807, 2.05) is 0 Å². The van der Waals surface area contributed by atoms with E-state index in [1.165, 1.54) is 12.1 Å². The van der Waals surface area contributed by atoms with Crippen LogP contribution in [0.4, 0.5) is 10.1 Å². The first-order valence-electron chi connectivity index (χ1n) is 4.68. The van der Waals surface area contributed by atoms with Crippen molar-refractivity contribution in [1.29, 1.82) is 5.26 Å². The predicted molar refractivity (Wildman–Crippen MR) is 58.7 cm³/mol. The minimum atomic E-state index is -0.596.